The van der Waals surface area contributed by atoms with Crippen molar-refractivity contribution in [2.75, 3.05) is 12.4 Å². The molecule has 1 aromatic carbocycles. The molecule has 5 nitrogen and oxygen atoms in total. The van der Waals surface area contributed by atoms with E-state index in [-0.39, 0.29) is 0 Å². The summed E-state index contributed by atoms with van der Waals surface area (Å²) in [6.45, 7) is 5.81. The van der Waals surface area contributed by atoms with Gasteiger partial charge in [-0.1, -0.05) is 13.8 Å². The number of nitrogens with one attached hydrogen (secondary N) is 2. The average Bonchev–Trinajstić information content (AvgIpc) is 2.34. The lowest BCUT2D eigenvalue weighted by molar-refractivity contribution is 0.114. The van der Waals surface area contributed by atoms with Crippen LogP contribution >= 0.6 is 0 Å². The lowest BCUT2D eigenvalue weighted by atomic mass is 10.1. The molecule has 0 fully saturated rings. The zero-order valence-corrected chi connectivity index (χ0v) is 10.5. The van der Waals surface area contributed by atoms with E-state index >= 15 is 0 Å². The first-order valence-electron chi connectivity index (χ1n) is 5.28. The molecule has 5 heteroatoms. The maximum absolute atomic E-state index is 11.1. The van der Waals surface area contributed by atoms with Crippen LogP contribution in [0.25, 0.3) is 0 Å². The number of nitrogens with zero attached hydrogens (tertiary/aromatic N) is 1. The van der Waals surface area contributed by atoms with E-state index < -0.39 is 6.03 Å². The Labute approximate surface area is 101 Å². The van der Waals surface area contributed by atoms with E-state index in [1.54, 1.807) is 18.2 Å². The van der Waals surface area contributed by atoms with Crippen molar-refractivity contribution in [3.05, 3.63) is 29.3 Å². The van der Waals surface area contributed by atoms with Gasteiger partial charge < -0.3 is 5.32 Å². The highest BCUT2D eigenvalue weighted by atomic mass is 16.6. The van der Waals surface area contributed by atoms with Crippen molar-refractivity contribution in [1.82, 2.24) is 5.48 Å². The fourth-order valence-electron chi connectivity index (χ4n) is 1.11. The highest BCUT2D eigenvalue weighted by molar-refractivity contribution is 5.89. The lowest BCUT2D eigenvalue weighted by Gasteiger charge is -2.08. The number of hydroxylamine groups is 1. The van der Waals surface area contributed by atoms with E-state index in [9.17, 15) is 4.79 Å². The molecule has 0 saturated carbocycles. The minimum atomic E-state index is -0.453. The average molecular weight is 235 g/mol. The van der Waals surface area contributed by atoms with Gasteiger partial charge in [-0.25, -0.2) is 10.3 Å². The smallest absolute Gasteiger partial charge is 0.306 e. The summed E-state index contributed by atoms with van der Waals surface area (Å²) in [5.74, 6) is 0. The molecule has 1 rings (SSSR count). The van der Waals surface area contributed by atoms with E-state index in [1.807, 2.05) is 26.8 Å². The highest BCUT2D eigenvalue weighted by Crippen LogP contribution is 2.15. The molecule has 0 saturated heterocycles. The molecule has 2 amide bonds. The first-order valence-corrected chi connectivity index (χ1v) is 5.28. The van der Waals surface area contributed by atoms with Crippen LogP contribution in [0.5, 0.6) is 0 Å². The second kappa shape index (κ2) is 8.13. The molecule has 17 heavy (non-hydrogen) atoms. The maximum atomic E-state index is 11.1. The summed E-state index contributed by atoms with van der Waals surface area (Å²) in [5.41, 5.74) is 4.16. The van der Waals surface area contributed by atoms with Gasteiger partial charge in [-0.05, 0) is 30.7 Å². The van der Waals surface area contributed by atoms with Gasteiger partial charge in [0.15, 0.2) is 0 Å². The van der Waals surface area contributed by atoms with Gasteiger partial charge in [-0.15, -0.1) is 0 Å². The molecule has 0 aromatic heterocycles. The number of nitriles is 1. The summed E-state index contributed by atoms with van der Waals surface area (Å²) in [5, 5.41) is 11.2. The second-order valence-electron chi connectivity index (χ2n) is 2.90. The zero-order valence-electron chi connectivity index (χ0n) is 10.5. The van der Waals surface area contributed by atoms with Crippen molar-refractivity contribution >= 4 is 11.7 Å². The number of hydrogen-bond acceptors (Lipinski definition) is 3. The van der Waals surface area contributed by atoms with Crippen LogP contribution in [0.2, 0.25) is 0 Å². The molecule has 0 heterocycles. The molecule has 2 N–H and O–H groups in total. The van der Waals surface area contributed by atoms with Gasteiger partial charge >= 0.3 is 6.03 Å². The van der Waals surface area contributed by atoms with Crippen molar-refractivity contribution in [2.45, 2.75) is 20.8 Å². The number of urea groups is 1. The van der Waals surface area contributed by atoms with Gasteiger partial charge in [0.05, 0.1) is 18.7 Å². The Morgan fingerprint density at radius 1 is 1.41 bits per heavy atom. The number of carbonyl (C=O) groups excluding carboxylic acids is 1. The van der Waals surface area contributed by atoms with Crippen LogP contribution < -0.4 is 10.8 Å². The van der Waals surface area contributed by atoms with Crippen LogP contribution in [0, 0.1) is 18.3 Å². The largest absolute Gasteiger partial charge is 0.343 e. The van der Waals surface area contributed by atoms with E-state index in [4.69, 9.17) is 5.26 Å². The number of rotatable bonds is 2. The zero-order chi connectivity index (χ0) is 13.3. The number of carbonyl (C=O) groups is 1. The molecule has 0 spiro atoms. The van der Waals surface area contributed by atoms with E-state index in [1.165, 1.54) is 7.11 Å². The summed E-state index contributed by atoms with van der Waals surface area (Å²) < 4.78 is 0. The van der Waals surface area contributed by atoms with Gasteiger partial charge in [0.2, 0.25) is 0 Å². The third kappa shape index (κ3) is 5.00. The maximum Gasteiger partial charge on any atom is 0.343 e. The van der Waals surface area contributed by atoms with Crippen molar-refractivity contribution in [3.8, 4) is 6.07 Å². The topological polar surface area (TPSA) is 74.2 Å². The minimum Gasteiger partial charge on any atom is -0.306 e. The molecule has 0 aliphatic rings. The van der Waals surface area contributed by atoms with Crippen LogP contribution in [0.3, 0.4) is 0 Å². The third-order valence-corrected chi connectivity index (χ3v) is 1.80. The van der Waals surface area contributed by atoms with Crippen molar-refractivity contribution in [3.63, 3.8) is 0 Å². The van der Waals surface area contributed by atoms with Gasteiger partial charge in [-0.2, -0.15) is 5.26 Å². The van der Waals surface area contributed by atoms with Crippen LogP contribution in [-0.2, 0) is 4.84 Å². The highest BCUT2D eigenvalue weighted by Gasteiger charge is 2.03. The molecule has 0 radical (unpaired) electrons. The van der Waals surface area contributed by atoms with Gasteiger partial charge in [0.25, 0.3) is 0 Å². The second-order valence-corrected chi connectivity index (χ2v) is 2.90. The Hall–Kier alpha value is -2.06. The predicted octanol–water partition coefficient (Wildman–Crippen LogP) is 2.58. The fraction of sp³-hybridized carbons (Fsp3) is 0.333. The number of amides is 2. The fourth-order valence-corrected chi connectivity index (χ4v) is 1.11. The Bertz CT molecular complexity index is 411. The quantitative estimate of drug-likeness (QED) is 0.774. The van der Waals surface area contributed by atoms with E-state index in [0.717, 1.165) is 5.56 Å². The first kappa shape index (κ1) is 14.9. The standard InChI is InChI=1S/C10H11N3O2.C2H6/c1-7-5-8(6-11)3-4-9(7)12-10(14)13-15-2;1-2/h3-5H,1-2H3,(H2,12,13,14);1-2H3. The van der Waals surface area contributed by atoms with Crippen LogP contribution in [-0.4, -0.2) is 13.1 Å². The van der Waals surface area contributed by atoms with Crippen molar-refractivity contribution < 1.29 is 9.63 Å². The Balaban J connectivity index is 0.00000121. The first-order chi connectivity index (χ1) is 8.17. The lowest BCUT2D eigenvalue weighted by Crippen LogP contribution is -2.27. The van der Waals surface area contributed by atoms with E-state index in [2.05, 4.69) is 15.6 Å². The number of anilines is 1. The normalized spacial score (nSPS) is 8.41. The molecule has 0 aliphatic carbocycles. The molecule has 1 aromatic rings. The van der Waals surface area contributed by atoms with Crippen LogP contribution in [0.15, 0.2) is 18.2 Å². The molecule has 0 unspecified atom stereocenters. The monoisotopic (exact) mass is 235 g/mol. The Morgan fingerprint density at radius 3 is 2.53 bits per heavy atom. The number of hydrogen-bond donors (Lipinski definition) is 2. The molecule has 0 bridgehead atoms. The molecular formula is C12H17N3O2. The van der Waals surface area contributed by atoms with Gasteiger partial charge in [0.1, 0.15) is 0 Å². The summed E-state index contributed by atoms with van der Waals surface area (Å²) in [4.78, 5) is 15.6. The van der Waals surface area contributed by atoms with Crippen LogP contribution in [0.4, 0.5) is 10.5 Å². The molecular weight excluding hydrogens is 218 g/mol. The Kier molecular flexibility index (Phi) is 7.15. The van der Waals surface area contributed by atoms with Crippen LogP contribution in [0.1, 0.15) is 25.0 Å². The SMILES string of the molecule is CC.CONC(=O)Nc1ccc(C#N)cc1C. The Morgan fingerprint density at radius 2 is 2.06 bits per heavy atom. The van der Waals surface area contributed by atoms with Crippen molar-refractivity contribution in [2.24, 2.45) is 0 Å². The summed E-state index contributed by atoms with van der Waals surface area (Å²) >= 11 is 0. The van der Waals surface area contributed by atoms with Gasteiger partial charge in [-0.3, -0.25) is 4.84 Å². The minimum absolute atomic E-state index is 0.453. The molecule has 0 atom stereocenters. The summed E-state index contributed by atoms with van der Waals surface area (Å²) in [7, 11) is 1.35. The van der Waals surface area contributed by atoms with E-state index in [0.29, 0.717) is 11.3 Å². The number of aryl methyl sites for hydroxylation is 1. The number of benzene rings is 1. The molecule has 0 aliphatic heterocycles. The third-order valence-electron chi connectivity index (χ3n) is 1.80. The summed E-state index contributed by atoms with van der Waals surface area (Å²) in [6, 6.07) is 6.57. The van der Waals surface area contributed by atoms with Gasteiger partial charge in [0, 0.05) is 5.69 Å². The predicted molar refractivity (Wildman–Crippen MR) is 66.4 cm³/mol. The molecule has 92 valence electrons. The summed E-state index contributed by atoms with van der Waals surface area (Å²) in [6.07, 6.45) is 0. The van der Waals surface area contributed by atoms with Crippen molar-refractivity contribution in [1.29, 1.82) is 5.26 Å².